The van der Waals surface area contributed by atoms with Crippen LogP contribution in [0.1, 0.15) is 17.5 Å². The van der Waals surface area contributed by atoms with Gasteiger partial charge in [0, 0.05) is 26.1 Å². The standard InChI is InChI=1S/C20H22F3NO2/c21-20(22,23)17-6-3-7-19(9-8-17)26-14-18(25)13-24-11-10-15-4-1-2-5-16(15)12-24/h1-6,8-9,18,25H,7,10-14H2. The van der Waals surface area contributed by atoms with Crippen molar-refractivity contribution in [3.05, 3.63) is 71.0 Å². The van der Waals surface area contributed by atoms with Gasteiger partial charge in [-0.15, -0.1) is 0 Å². The van der Waals surface area contributed by atoms with E-state index in [0.29, 0.717) is 12.3 Å². The Morgan fingerprint density at radius 1 is 1.15 bits per heavy atom. The van der Waals surface area contributed by atoms with E-state index in [1.54, 1.807) is 0 Å². The lowest BCUT2D eigenvalue weighted by Gasteiger charge is -2.30. The molecule has 1 unspecified atom stereocenters. The minimum absolute atomic E-state index is 0.0625. The summed E-state index contributed by atoms with van der Waals surface area (Å²) in [5.74, 6) is 0.420. The lowest BCUT2D eigenvalue weighted by molar-refractivity contribution is -0.0881. The van der Waals surface area contributed by atoms with Crippen molar-refractivity contribution in [2.75, 3.05) is 19.7 Å². The predicted molar refractivity (Wildman–Crippen MR) is 93.4 cm³/mol. The third kappa shape index (κ3) is 4.99. The number of aliphatic hydroxyl groups excluding tert-OH is 1. The summed E-state index contributed by atoms with van der Waals surface area (Å²) in [6.07, 6.45) is 0.969. The Morgan fingerprint density at radius 3 is 2.69 bits per heavy atom. The Bertz CT molecular complexity index is 722. The van der Waals surface area contributed by atoms with E-state index in [4.69, 9.17) is 4.74 Å². The first kappa shape index (κ1) is 18.7. The van der Waals surface area contributed by atoms with Gasteiger partial charge in [0.25, 0.3) is 0 Å². The number of rotatable bonds is 5. The zero-order valence-electron chi connectivity index (χ0n) is 14.4. The molecule has 0 amide bonds. The number of nitrogens with zero attached hydrogens (tertiary/aromatic N) is 1. The highest BCUT2D eigenvalue weighted by Gasteiger charge is 2.31. The van der Waals surface area contributed by atoms with Crippen molar-refractivity contribution < 1.29 is 23.0 Å². The van der Waals surface area contributed by atoms with Crippen molar-refractivity contribution in [1.29, 1.82) is 0 Å². The van der Waals surface area contributed by atoms with Gasteiger partial charge in [-0.2, -0.15) is 13.2 Å². The number of β-amino-alcohol motifs (C(OH)–C–C–N with tert-alkyl or cyclic N) is 1. The Labute approximate surface area is 151 Å². The molecule has 0 spiro atoms. The van der Waals surface area contributed by atoms with Crippen LogP contribution >= 0.6 is 0 Å². The SMILES string of the molecule is OC(COC1=CC=C(C(F)(F)F)C=CC1)CN1CCc2ccccc2C1. The Morgan fingerprint density at radius 2 is 1.92 bits per heavy atom. The fourth-order valence-corrected chi connectivity index (χ4v) is 3.17. The molecule has 0 fully saturated rings. The van der Waals surface area contributed by atoms with Crippen molar-refractivity contribution in [2.45, 2.75) is 31.7 Å². The lowest BCUT2D eigenvalue weighted by atomic mass is 10.00. The number of benzene rings is 1. The molecule has 1 aromatic carbocycles. The summed E-state index contributed by atoms with van der Waals surface area (Å²) in [5, 5.41) is 10.2. The highest BCUT2D eigenvalue weighted by atomic mass is 19.4. The van der Waals surface area contributed by atoms with Crippen molar-refractivity contribution >= 4 is 0 Å². The van der Waals surface area contributed by atoms with Crippen molar-refractivity contribution in [3.8, 4) is 0 Å². The number of ether oxygens (including phenoxy) is 1. The van der Waals surface area contributed by atoms with Crippen LogP contribution in [0.5, 0.6) is 0 Å². The first-order chi connectivity index (χ1) is 12.4. The third-order valence-electron chi connectivity index (χ3n) is 4.53. The molecule has 2 aliphatic rings. The fraction of sp³-hybridized carbons (Fsp3) is 0.400. The molecule has 3 rings (SSSR count). The van der Waals surface area contributed by atoms with Gasteiger partial charge in [0.1, 0.15) is 12.7 Å². The first-order valence-electron chi connectivity index (χ1n) is 8.66. The number of allylic oxidation sites excluding steroid dienone is 5. The van der Waals surface area contributed by atoms with E-state index in [2.05, 4.69) is 17.0 Å². The summed E-state index contributed by atoms with van der Waals surface area (Å²) >= 11 is 0. The van der Waals surface area contributed by atoms with Crippen molar-refractivity contribution in [2.24, 2.45) is 0 Å². The summed E-state index contributed by atoms with van der Waals surface area (Å²) in [6.45, 7) is 2.20. The maximum Gasteiger partial charge on any atom is 0.416 e. The van der Waals surface area contributed by atoms with Gasteiger partial charge in [0.15, 0.2) is 0 Å². The molecule has 0 radical (unpaired) electrons. The molecule has 0 aromatic heterocycles. The molecule has 1 aliphatic carbocycles. The van der Waals surface area contributed by atoms with E-state index in [1.807, 2.05) is 12.1 Å². The lowest BCUT2D eigenvalue weighted by Crippen LogP contribution is -2.38. The van der Waals surface area contributed by atoms with E-state index in [9.17, 15) is 18.3 Å². The first-order valence-corrected chi connectivity index (χ1v) is 8.66. The highest BCUT2D eigenvalue weighted by Crippen LogP contribution is 2.28. The van der Waals surface area contributed by atoms with Gasteiger partial charge in [0.2, 0.25) is 0 Å². The second kappa shape index (κ2) is 8.10. The van der Waals surface area contributed by atoms with Crippen LogP contribution in [0.15, 0.2) is 59.9 Å². The third-order valence-corrected chi connectivity index (χ3v) is 4.53. The quantitative estimate of drug-likeness (QED) is 0.863. The number of halogens is 3. The highest BCUT2D eigenvalue weighted by molar-refractivity contribution is 5.32. The number of hydrogen-bond acceptors (Lipinski definition) is 3. The van der Waals surface area contributed by atoms with E-state index in [0.717, 1.165) is 31.7 Å². The molecule has 6 heteroatoms. The Hall–Kier alpha value is -2.05. The number of hydrogen-bond donors (Lipinski definition) is 1. The maximum atomic E-state index is 12.7. The predicted octanol–water partition coefficient (Wildman–Crippen LogP) is 3.75. The minimum Gasteiger partial charge on any atom is -0.495 e. The zero-order chi connectivity index (χ0) is 18.6. The second-order valence-electron chi connectivity index (χ2n) is 6.58. The van der Waals surface area contributed by atoms with Crippen LogP contribution in [0.3, 0.4) is 0 Å². The maximum absolute atomic E-state index is 12.7. The van der Waals surface area contributed by atoms with Crippen LogP contribution in [0.25, 0.3) is 0 Å². The monoisotopic (exact) mass is 365 g/mol. The molecule has 3 nitrogen and oxygen atoms in total. The molecule has 1 atom stereocenters. The molecule has 0 saturated carbocycles. The molecule has 1 aromatic rings. The van der Waals surface area contributed by atoms with E-state index < -0.39 is 17.9 Å². The van der Waals surface area contributed by atoms with Gasteiger partial charge in [-0.1, -0.05) is 36.4 Å². The number of aliphatic hydroxyl groups is 1. The summed E-state index contributed by atoms with van der Waals surface area (Å²) in [6, 6.07) is 8.26. The van der Waals surface area contributed by atoms with E-state index in [1.165, 1.54) is 23.3 Å². The summed E-state index contributed by atoms with van der Waals surface area (Å²) in [4.78, 5) is 2.17. The van der Waals surface area contributed by atoms with Crippen molar-refractivity contribution in [1.82, 2.24) is 4.90 Å². The smallest absolute Gasteiger partial charge is 0.416 e. The van der Waals surface area contributed by atoms with Crippen LogP contribution in [0, 0.1) is 0 Å². The fourth-order valence-electron chi connectivity index (χ4n) is 3.17. The molecular formula is C20H22F3NO2. The largest absolute Gasteiger partial charge is 0.495 e. The zero-order valence-corrected chi connectivity index (χ0v) is 14.4. The summed E-state index contributed by atoms with van der Waals surface area (Å²) in [5.41, 5.74) is 1.91. The Balaban J connectivity index is 1.49. The van der Waals surface area contributed by atoms with Gasteiger partial charge in [-0.3, -0.25) is 4.90 Å². The van der Waals surface area contributed by atoms with Crippen LogP contribution in [0.2, 0.25) is 0 Å². The van der Waals surface area contributed by atoms with Gasteiger partial charge < -0.3 is 9.84 Å². The van der Waals surface area contributed by atoms with Crippen LogP contribution in [-0.2, 0) is 17.7 Å². The normalized spacial score (nSPS) is 19.2. The topological polar surface area (TPSA) is 32.7 Å². The van der Waals surface area contributed by atoms with Gasteiger partial charge in [-0.25, -0.2) is 0 Å². The molecule has 0 bridgehead atoms. The van der Waals surface area contributed by atoms with Gasteiger partial charge in [-0.05, 0) is 29.7 Å². The summed E-state index contributed by atoms with van der Waals surface area (Å²) < 4.78 is 43.6. The average Bonchev–Trinajstić information content (AvgIpc) is 2.85. The number of alkyl halides is 3. The average molecular weight is 365 g/mol. The van der Waals surface area contributed by atoms with Crippen LogP contribution in [0.4, 0.5) is 13.2 Å². The molecular weight excluding hydrogens is 343 g/mol. The van der Waals surface area contributed by atoms with Crippen LogP contribution < -0.4 is 0 Å². The van der Waals surface area contributed by atoms with Crippen molar-refractivity contribution in [3.63, 3.8) is 0 Å². The molecule has 26 heavy (non-hydrogen) atoms. The molecule has 1 aliphatic heterocycles. The molecule has 140 valence electrons. The molecule has 0 saturated heterocycles. The minimum atomic E-state index is -4.37. The molecule has 1 N–H and O–H groups in total. The van der Waals surface area contributed by atoms with E-state index in [-0.39, 0.29) is 13.0 Å². The number of fused-ring (bicyclic) bond motifs is 1. The van der Waals surface area contributed by atoms with Crippen LogP contribution in [-0.4, -0.2) is 42.0 Å². The summed E-state index contributed by atoms with van der Waals surface area (Å²) in [7, 11) is 0. The second-order valence-corrected chi connectivity index (χ2v) is 6.58. The Kier molecular flexibility index (Phi) is 5.84. The van der Waals surface area contributed by atoms with E-state index >= 15 is 0 Å². The molecule has 1 heterocycles. The van der Waals surface area contributed by atoms with Gasteiger partial charge >= 0.3 is 6.18 Å². The van der Waals surface area contributed by atoms with Gasteiger partial charge in [0.05, 0.1) is 11.3 Å².